The molecule has 1 aromatic heterocycles. The molecule has 0 bridgehead atoms. The number of urea groups is 1. The van der Waals surface area contributed by atoms with Gasteiger partial charge in [-0.2, -0.15) is 0 Å². The highest BCUT2D eigenvalue weighted by atomic mass is 32.1. The zero-order chi connectivity index (χ0) is 15.2. The summed E-state index contributed by atoms with van der Waals surface area (Å²) in [5, 5.41) is 13.6. The SMILES string of the molecule is CCOC1CCN(C(=O)NCc2nc(C(=O)O)cs2)CC1. The highest BCUT2D eigenvalue weighted by Crippen LogP contribution is 2.14. The molecule has 0 saturated carbocycles. The van der Waals surface area contributed by atoms with E-state index in [1.165, 1.54) is 16.7 Å². The lowest BCUT2D eigenvalue weighted by Gasteiger charge is -2.31. The predicted octanol–water partition coefficient (Wildman–Crippen LogP) is 1.55. The molecule has 0 aliphatic carbocycles. The molecule has 0 aromatic carbocycles. The maximum absolute atomic E-state index is 12.0. The van der Waals surface area contributed by atoms with Crippen molar-refractivity contribution < 1.29 is 19.4 Å². The Morgan fingerprint density at radius 1 is 1.52 bits per heavy atom. The number of hydrogen-bond donors (Lipinski definition) is 2. The number of likely N-dealkylation sites (tertiary alicyclic amines) is 1. The van der Waals surface area contributed by atoms with E-state index in [1.807, 2.05) is 6.92 Å². The van der Waals surface area contributed by atoms with E-state index in [4.69, 9.17) is 9.84 Å². The lowest BCUT2D eigenvalue weighted by atomic mass is 10.1. The van der Waals surface area contributed by atoms with Crippen molar-refractivity contribution in [3.8, 4) is 0 Å². The first kappa shape index (κ1) is 15.7. The second-order valence-electron chi connectivity index (χ2n) is 4.73. The number of piperidine rings is 1. The molecule has 2 rings (SSSR count). The summed E-state index contributed by atoms with van der Waals surface area (Å²) in [4.78, 5) is 28.4. The van der Waals surface area contributed by atoms with Crippen molar-refractivity contribution in [1.29, 1.82) is 0 Å². The van der Waals surface area contributed by atoms with Crippen molar-refractivity contribution in [2.24, 2.45) is 0 Å². The highest BCUT2D eigenvalue weighted by Gasteiger charge is 2.22. The molecule has 2 N–H and O–H groups in total. The average Bonchev–Trinajstić information content (AvgIpc) is 2.95. The first-order valence-corrected chi connectivity index (χ1v) is 7.80. The van der Waals surface area contributed by atoms with Gasteiger partial charge >= 0.3 is 12.0 Å². The zero-order valence-corrected chi connectivity index (χ0v) is 12.7. The van der Waals surface area contributed by atoms with Gasteiger partial charge in [0.1, 0.15) is 5.01 Å². The number of aromatic carboxylic acids is 1. The smallest absolute Gasteiger partial charge is 0.355 e. The molecule has 116 valence electrons. The molecule has 2 heterocycles. The Hall–Kier alpha value is -1.67. The fourth-order valence-electron chi connectivity index (χ4n) is 2.21. The third-order valence-corrected chi connectivity index (χ3v) is 4.14. The van der Waals surface area contributed by atoms with Crippen LogP contribution >= 0.6 is 11.3 Å². The standard InChI is InChI=1S/C13H19N3O4S/c1-2-20-9-3-5-16(6-4-9)13(19)14-7-11-15-10(8-21-11)12(17)18/h8-9H,2-7H2,1H3,(H,14,19)(H,17,18). The lowest BCUT2D eigenvalue weighted by molar-refractivity contribution is 0.0220. The number of carbonyl (C=O) groups excluding carboxylic acids is 1. The van der Waals surface area contributed by atoms with Crippen LogP contribution < -0.4 is 5.32 Å². The van der Waals surface area contributed by atoms with Crippen LogP contribution in [0.3, 0.4) is 0 Å². The topological polar surface area (TPSA) is 91.8 Å². The van der Waals surface area contributed by atoms with Gasteiger partial charge in [0.05, 0.1) is 12.6 Å². The summed E-state index contributed by atoms with van der Waals surface area (Å²) in [5.74, 6) is -1.05. The number of thiazole rings is 1. The Bertz CT molecular complexity index is 497. The van der Waals surface area contributed by atoms with Gasteiger partial charge in [-0.1, -0.05) is 0 Å². The summed E-state index contributed by atoms with van der Waals surface area (Å²) in [6.45, 7) is 4.27. The van der Waals surface area contributed by atoms with Gasteiger partial charge in [0.2, 0.25) is 0 Å². The molecule has 0 atom stereocenters. The summed E-state index contributed by atoms with van der Waals surface area (Å²) < 4.78 is 5.54. The summed E-state index contributed by atoms with van der Waals surface area (Å²) in [5.41, 5.74) is 0.0155. The maximum Gasteiger partial charge on any atom is 0.355 e. The van der Waals surface area contributed by atoms with Crippen molar-refractivity contribution in [2.45, 2.75) is 32.4 Å². The van der Waals surface area contributed by atoms with Crippen LogP contribution in [0.1, 0.15) is 35.3 Å². The second kappa shape index (κ2) is 7.37. The van der Waals surface area contributed by atoms with Gasteiger partial charge in [-0.3, -0.25) is 0 Å². The number of hydrogen-bond acceptors (Lipinski definition) is 5. The highest BCUT2D eigenvalue weighted by molar-refractivity contribution is 7.09. The quantitative estimate of drug-likeness (QED) is 0.860. The van der Waals surface area contributed by atoms with Crippen molar-refractivity contribution in [3.63, 3.8) is 0 Å². The zero-order valence-electron chi connectivity index (χ0n) is 11.9. The van der Waals surface area contributed by atoms with Gasteiger partial charge < -0.3 is 20.1 Å². The Morgan fingerprint density at radius 3 is 2.81 bits per heavy atom. The van der Waals surface area contributed by atoms with Gasteiger partial charge in [0, 0.05) is 25.1 Å². The molecule has 1 saturated heterocycles. The van der Waals surface area contributed by atoms with Crippen molar-refractivity contribution in [3.05, 3.63) is 16.1 Å². The molecule has 1 aromatic rings. The number of carboxylic acid groups (broad SMARTS) is 1. The van der Waals surface area contributed by atoms with Gasteiger partial charge in [-0.25, -0.2) is 14.6 Å². The average molecular weight is 313 g/mol. The van der Waals surface area contributed by atoms with Crippen LogP contribution in [-0.4, -0.2) is 52.8 Å². The van der Waals surface area contributed by atoms with Crippen molar-refractivity contribution in [1.82, 2.24) is 15.2 Å². The number of amides is 2. The van der Waals surface area contributed by atoms with Crippen molar-refractivity contribution in [2.75, 3.05) is 19.7 Å². The largest absolute Gasteiger partial charge is 0.476 e. The van der Waals surface area contributed by atoms with Crippen LogP contribution in [0.4, 0.5) is 4.79 Å². The Labute approximate surface area is 126 Å². The van der Waals surface area contributed by atoms with E-state index < -0.39 is 5.97 Å². The molecule has 7 nitrogen and oxygen atoms in total. The summed E-state index contributed by atoms with van der Waals surface area (Å²) in [7, 11) is 0. The summed E-state index contributed by atoms with van der Waals surface area (Å²) in [6.07, 6.45) is 1.94. The predicted molar refractivity (Wildman–Crippen MR) is 77.5 cm³/mol. The van der Waals surface area contributed by atoms with Crippen molar-refractivity contribution >= 4 is 23.3 Å². The molecule has 2 amide bonds. The maximum atomic E-state index is 12.0. The second-order valence-corrected chi connectivity index (χ2v) is 5.67. The fourth-order valence-corrected chi connectivity index (χ4v) is 2.92. The van der Waals surface area contributed by atoms with E-state index in [2.05, 4.69) is 10.3 Å². The van der Waals surface area contributed by atoms with Crippen LogP contribution in [-0.2, 0) is 11.3 Å². The molecule has 0 radical (unpaired) electrons. The summed E-state index contributed by atoms with van der Waals surface area (Å²) in [6, 6.07) is -0.142. The van der Waals surface area contributed by atoms with Crippen LogP contribution in [0.25, 0.3) is 0 Å². The minimum Gasteiger partial charge on any atom is -0.476 e. The molecule has 1 aliphatic heterocycles. The number of carbonyl (C=O) groups is 2. The Balaban J connectivity index is 1.75. The van der Waals surface area contributed by atoms with E-state index >= 15 is 0 Å². The van der Waals surface area contributed by atoms with Crippen LogP contribution in [0.15, 0.2) is 5.38 Å². The third-order valence-electron chi connectivity index (χ3n) is 3.29. The van der Waals surface area contributed by atoms with E-state index in [1.54, 1.807) is 4.90 Å². The fraction of sp³-hybridized carbons (Fsp3) is 0.615. The lowest BCUT2D eigenvalue weighted by Crippen LogP contribution is -2.45. The number of ether oxygens (including phenoxy) is 1. The van der Waals surface area contributed by atoms with E-state index in [9.17, 15) is 9.59 Å². The molecule has 0 unspecified atom stereocenters. The van der Waals surface area contributed by atoms with Gasteiger partial charge in [0.15, 0.2) is 5.69 Å². The molecule has 0 spiro atoms. The molecule has 1 aliphatic rings. The minimum atomic E-state index is -1.05. The third kappa shape index (κ3) is 4.40. The minimum absolute atomic E-state index is 0.0155. The number of carboxylic acids is 1. The monoisotopic (exact) mass is 313 g/mol. The first-order chi connectivity index (χ1) is 10.1. The molecular formula is C13H19N3O4S. The first-order valence-electron chi connectivity index (χ1n) is 6.92. The van der Waals surface area contributed by atoms with E-state index in [-0.39, 0.29) is 24.4 Å². The van der Waals surface area contributed by atoms with Crippen LogP contribution in [0, 0.1) is 0 Å². The van der Waals surface area contributed by atoms with Gasteiger partial charge in [-0.15, -0.1) is 11.3 Å². The molecule has 21 heavy (non-hydrogen) atoms. The van der Waals surface area contributed by atoms with Crippen LogP contribution in [0.2, 0.25) is 0 Å². The van der Waals surface area contributed by atoms with E-state index in [0.717, 1.165) is 12.8 Å². The number of nitrogens with one attached hydrogen (secondary N) is 1. The normalized spacial score (nSPS) is 16.0. The van der Waals surface area contributed by atoms with Gasteiger partial charge in [-0.05, 0) is 19.8 Å². The number of aromatic nitrogens is 1. The van der Waals surface area contributed by atoms with Gasteiger partial charge in [0.25, 0.3) is 0 Å². The number of nitrogens with zero attached hydrogens (tertiary/aromatic N) is 2. The molecule has 8 heteroatoms. The van der Waals surface area contributed by atoms with E-state index in [0.29, 0.717) is 24.7 Å². The number of rotatable bonds is 5. The molecule has 1 fully saturated rings. The summed E-state index contributed by atoms with van der Waals surface area (Å²) >= 11 is 1.23. The Morgan fingerprint density at radius 2 is 2.24 bits per heavy atom. The Kier molecular flexibility index (Phi) is 5.51. The van der Waals surface area contributed by atoms with Crippen LogP contribution in [0.5, 0.6) is 0 Å². The molecular weight excluding hydrogens is 294 g/mol.